The van der Waals surface area contributed by atoms with E-state index in [0.29, 0.717) is 18.8 Å². The van der Waals surface area contributed by atoms with E-state index in [4.69, 9.17) is 10.5 Å². The molecule has 1 heterocycles. The van der Waals surface area contributed by atoms with E-state index in [2.05, 4.69) is 6.07 Å². The van der Waals surface area contributed by atoms with Gasteiger partial charge in [-0.05, 0) is 55.4 Å². The molecule has 0 atom stereocenters. The number of likely N-dealkylation sites (tertiary alicyclic amines) is 1. The number of benzene rings is 1. The van der Waals surface area contributed by atoms with Crippen molar-refractivity contribution in [2.24, 2.45) is 5.73 Å². The number of carbonyl (C=O) groups excluding carboxylic acids is 1. The first kappa shape index (κ1) is 12.5. The Balaban J connectivity index is 1.63. The molecule has 1 aliphatic heterocycles. The van der Waals surface area contributed by atoms with Gasteiger partial charge in [0, 0.05) is 19.1 Å². The average Bonchev–Trinajstić information content (AvgIpc) is 2.87. The van der Waals surface area contributed by atoms with E-state index in [-0.39, 0.29) is 12.1 Å². The molecule has 2 N–H and O–H groups in total. The molecule has 1 aromatic carbocycles. The van der Waals surface area contributed by atoms with Crippen LogP contribution in [0.4, 0.5) is 4.79 Å². The standard InChI is InChI=1S/C15H20N2O2/c16-13-6-8-17(9-7-13)15(18)19-14-5-4-11-2-1-3-12(11)10-14/h4-5,10,13H,1-3,6-9,16H2. The Kier molecular flexibility index (Phi) is 3.42. The molecule has 19 heavy (non-hydrogen) atoms. The minimum absolute atomic E-state index is 0.226. The number of nitrogens with zero attached hydrogens (tertiary/aromatic N) is 1. The van der Waals surface area contributed by atoms with Gasteiger partial charge in [-0.25, -0.2) is 4.79 Å². The summed E-state index contributed by atoms with van der Waals surface area (Å²) >= 11 is 0. The van der Waals surface area contributed by atoms with Gasteiger partial charge in [0.25, 0.3) is 0 Å². The van der Waals surface area contributed by atoms with Crippen LogP contribution in [0.2, 0.25) is 0 Å². The number of piperidine rings is 1. The first-order valence-electron chi connectivity index (χ1n) is 7.06. The second-order valence-corrected chi connectivity index (χ2v) is 5.48. The molecule has 0 saturated carbocycles. The van der Waals surface area contributed by atoms with E-state index < -0.39 is 0 Å². The van der Waals surface area contributed by atoms with Crippen molar-refractivity contribution in [2.45, 2.75) is 38.1 Å². The molecule has 1 aromatic rings. The maximum absolute atomic E-state index is 12.0. The number of hydrogen-bond donors (Lipinski definition) is 1. The van der Waals surface area contributed by atoms with E-state index in [0.717, 1.165) is 25.7 Å². The number of ether oxygens (including phenoxy) is 1. The van der Waals surface area contributed by atoms with E-state index >= 15 is 0 Å². The SMILES string of the molecule is NC1CCN(C(=O)Oc2ccc3c(c2)CCC3)CC1. The van der Waals surface area contributed by atoms with Crippen molar-refractivity contribution < 1.29 is 9.53 Å². The number of nitrogens with two attached hydrogens (primary N) is 1. The van der Waals surface area contributed by atoms with E-state index in [9.17, 15) is 4.79 Å². The third-order valence-corrected chi connectivity index (χ3v) is 4.07. The highest BCUT2D eigenvalue weighted by Crippen LogP contribution is 2.26. The molecular weight excluding hydrogens is 240 g/mol. The lowest BCUT2D eigenvalue weighted by molar-refractivity contribution is 0.139. The molecule has 1 fully saturated rings. The van der Waals surface area contributed by atoms with Gasteiger partial charge in [0.15, 0.2) is 0 Å². The number of aryl methyl sites for hydroxylation is 2. The summed E-state index contributed by atoms with van der Waals surface area (Å²) in [7, 11) is 0. The predicted molar refractivity (Wildman–Crippen MR) is 73.3 cm³/mol. The first-order chi connectivity index (χ1) is 9.22. The summed E-state index contributed by atoms with van der Waals surface area (Å²) in [5, 5.41) is 0. The Morgan fingerprint density at radius 3 is 2.74 bits per heavy atom. The van der Waals surface area contributed by atoms with Crippen molar-refractivity contribution in [1.82, 2.24) is 4.90 Å². The van der Waals surface area contributed by atoms with Crippen LogP contribution in [0, 0.1) is 0 Å². The number of rotatable bonds is 1. The molecule has 0 bridgehead atoms. The Morgan fingerprint density at radius 1 is 1.21 bits per heavy atom. The molecule has 0 aromatic heterocycles. The smallest absolute Gasteiger partial charge is 0.410 e. The van der Waals surface area contributed by atoms with Crippen LogP contribution in [0.5, 0.6) is 5.75 Å². The Hall–Kier alpha value is -1.55. The summed E-state index contributed by atoms with van der Waals surface area (Å²) < 4.78 is 5.46. The van der Waals surface area contributed by atoms with Crippen molar-refractivity contribution in [1.29, 1.82) is 0 Å². The maximum Gasteiger partial charge on any atom is 0.415 e. The highest BCUT2D eigenvalue weighted by molar-refractivity contribution is 5.71. The van der Waals surface area contributed by atoms with Crippen LogP contribution in [0.1, 0.15) is 30.4 Å². The highest BCUT2D eigenvalue weighted by atomic mass is 16.6. The number of hydrogen-bond acceptors (Lipinski definition) is 3. The fraction of sp³-hybridized carbons (Fsp3) is 0.533. The van der Waals surface area contributed by atoms with Crippen LogP contribution in [0.3, 0.4) is 0 Å². The fourth-order valence-electron chi connectivity index (χ4n) is 2.86. The quantitative estimate of drug-likeness (QED) is 0.841. The zero-order valence-corrected chi connectivity index (χ0v) is 11.1. The Bertz CT molecular complexity index is 479. The van der Waals surface area contributed by atoms with Crippen LogP contribution >= 0.6 is 0 Å². The molecule has 0 unspecified atom stereocenters. The number of fused-ring (bicyclic) bond motifs is 1. The summed E-state index contributed by atoms with van der Waals surface area (Å²) in [6.45, 7) is 1.40. The fourth-order valence-corrected chi connectivity index (χ4v) is 2.86. The van der Waals surface area contributed by atoms with Crippen molar-refractivity contribution in [2.75, 3.05) is 13.1 Å². The van der Waals surface area contributed by atoms with Gasteiger partial charge in [0.2, 0.25) is 0 Å². The summed E-state index contributed by atoms with van der Waals surface area (Å²) in [5.74, 6) is 0.667. The molecular formula is C15H20N2O2. The van der Waals surface area contributed by atoms with Gasteiger partial charge in [-0.15, -0.1) is 0 Å². The molecule has 102 valence electrons. The lowest BCUT2D eigenvalue weighted by Gasteiger charge is -2.29. The number of amides is 1. The summed E-state index contributed by atoms with van der Waals surface area (Å²) in [6.07, 6.45) is 4.92. The third-order valence-electron chi connectivity index (χ3n) is 4.07. The van der Waals surface area contributed by atoms with E-state index in [1.165, 1.54) is 17.5 Å². The monoisotopic (exact) mass is 260 g/mol. The van der Waals surface area contributed by atoms with Crippen molar-refractivity contribution in [3.8, 4) is 5.75 Å². The molecule has 0 radical (unpaired) electrons. The van der Waals surface area contributed by atoms with Crippen LogP contribution in [-0.2, 0) is 12.8 Å². The van der Waals surface area contributed by atoms with Crippen molar-refractivity contribution >= 4 is 6.09 Å². The molecule has 1 aliphatic carbocycles. The zero-order chi connectivity index (χ0) is 13.2. The lowest BCUT2D eigenvalue weighted by atomic mass is 10.1. The van der Waals surface area contributed by atoms with Crippen LogP contribution in [0.15, 0.2) is 18.2 Å². The number of carbonyl (C=O) groups is 1. The van der Waals surface area contributed by atoms with E-state index in [1.54, 1.807) is 4.90 Å². The van der Waals surface area contributed by atoms with Gasteiger partial charge in [0.05, 0.1) is 0 Å². The molecule has 1 amide bonds. The molecule has 1 saturated heterocycles. The van der Waals surface area contributed by atoms with Crippen LogP contribution in [0.25, 0.3) is 0 Å². The molecule has 0 spiro atoms. The Morgan fingerprint density at radius 2 is 1.95 bits per heavy atom. The lowest BCUT2D eigenvalue weighted by Crippen LogP contribution is -2.44. The average molecular weight is 260 g/mol. The zero-order valence-electron chi connectivity index (χ0n) is 11.1. The van der Waals surface area contributed by atoms with Gasteiger partial charge in [-0.2, -0.15) is 0 Å². The topological polar surface area (TPSA) is 55.6 Å². The normalized spacial score (nSPS) is 19.3. The van der Waals surface area contributed by atoms with Crippen LogP contribution in [-0.4, -0.2) is 30.1 Å². The largest absolute Gasteiger partial charge is 0.415 e. The van der Waals surface area contributed by atoms with Crippen molar-refractivity contribution in [3.05, 3.63) is 29.3 Å². The predicted octanol–water partition coefficient (Wildman–Crippen LogP) is 2.10. The van der Waals surface area contributed by atoms with Crippen LogP contribution < -0.4 is 10.5 Å². The minimum atomic E-state index is -0.246. The second kappa shape index (κ2) is 5.21. The third kappa shape index (κ3) is 2.73. The minimum Gasteiger partial charge on any atom is -0.410 e. The molecule has 4 nitrogen and oxygen atoms in total. The maximum atomic E-state index is 12.0. The molecule has 3 rings (SSSR count). The van der Waals surface area contributed by atoms with Gasteiger partial charge < -0.3 is 15.4 Å². The van der Waals surface area contributed by atoms with Gasteiger partial charge in [0.1, 0.15) is 5.75 Å². The second-order valence-electron chi connectivity index (χ2n) is 5.48. The highest BCUT2D eigenvalue weighted by Gasteiger charge is 2.22. The summed E-state index contributed by atoms with van der Waals surface area (Å²) in [5.41, 5.74) is 8.55. The van der Waals surface area contributed by atoms with E-state index in [1.807, 2.05) is 12.1 Å². The first-order valence-corrected chi connectivity index (χ1v) is 7.06. The molecule has 4 heteroatoms. The summed E-state index contributed by atoms with van der Waals surface area (Å²) in [4.78, 5) is 13.8. The summed E-state index contributed by atoms with van der Waals surface area (Å²) in [6, 6.07) is 6.22. The van der Waals surface area contributed by atoms with Gasteiger partial charge in [-0.3, -0.25) is 0 Å². The molecule has 2 aliphatic rings. The Labute approximate surface area is 113 Å². The van der Waals surface area contributed by atoms with Gasteiger partial charge >= 0.3 is 6.09 Å². The van der Waals surface area contributed by atoms with Gasteiger partial charge in [-0.1, -0.05) is 6.07 Å². The van der Waals surface area contributed by atoms with Crippen molar-refractivity contribution in [3.63, 3.8) is 0 Å².